The van der Waals surface area contributed by atoms with Gasteiger partial charge in [-0.2, -0.15) is 0 Å². The molecule has 3 N–H and O–H groups in total. The fourth-order valence-corrected chi connectivity index (χ4v) is 3.47. The highest BCUT2D eigenvalue weighted by molar-refractivity contribution is 6.30. The van der Waals surface area contributed by atoms with Gasteiger partial charge in [0, 0.05) is 39.8 Å². The van der Waals surface area contributed by atoms with Gasteiger partial charge in [0.15, 0.2) is 5.82 Å². The Kier molecular flexibility index (Phi) is 3.74. The Bertz CT molecular complexity index is 953. The zero-order chi connectivity index (χ0) is 17.6. The molecule has 1 saturated carbocycles. The Morgan fingerprint density at radius 1 is 1.20 bits per heavy atom. The topological polar surface area (TPSA) is 91.2 Å². The fraction of sp³-hybridized carbons (Fsp3) is 0.278. The summed E-state index contributed by atoms with van der Waals surface area (Å²) in [7, 11) is 0. The number of aliphatic hydroxyl groups is 1. The summed E-state index contributed by atoms with van der Waals surface area (Å²) in [6.45, 7) is 1.82. The van der Waals surface area contributed by atoms with E-state index in [0.29, 0.717) is 34.9 Å². The van der Waals surface area contributed by atoms with Crippen LogP contribution in [0.15, 0.2) is 36.7 Å². The van der Waals surface area contributed by atoms with Crippen molar-refractivity contribution in [3.63, 3.8) is 0 Å². The summed E-state index contributed by atoms with van der Waals surface area (Å²) >= 11 is 5.91. The molecule has 2 aromatic heterocycles. The highest BCUT2D eigenvalue weighted by Gasteiger charge is 2.38. The molecule has 0 bridgehead atoms. The largest absolute Gasteiger partial charge is 0.507 e. The molecule has 128 valence electrons. The first-order chi connectivity index (χ1) is 11.9. The van der Waals surface area contributed by atoms with E-state index in [1.165, 1.54) is 6.07 Å². The minimum Gasteiger partial charge on any atom is -0.507 e. The Morgan fingerprint density at radius 2 is 2.00 bits per heavy atom. The van der Waals surface area contributed by atoms with E-state index in [1.807, 2.05) is 13.0 Å². The number of phenolic OH excluding ortho intramolecular Hbond substituents is 1. The molecule has 4 rings (SSSR count). The Balaban J connectivity index is 1.77. The lowest BCUT2D eigenvalue weighted by atomic mass is 9.77. The zero-order valence-electron chi connectivity index (χ0n) is 13.6. The van der Waals surface area contributed by atoms with Crippen molar-refractivity contribution in [2.75, 3.05) is 5.32 Å². The summed E-state index contributed by atoms with van der Waals surface area (Å²) < 4.78 is 0. The molecule has 25 heavy (non-hydrogen) atoms. The molecule has 0 saturated heterocycles. The predicted molar refractivity (Wildman–Crippen MR) is 96.7 cm³/mol. The molecule has 0 unspecified atom stereocenters. The lowest BCUT2D eigenvalue weighted by molar-refractivity contribution is -0.0235. The third kappa shape index (κ3) is 2.99. The van der Waals surface area contributed by atoms with Crippen LogP contribution in [0, 0.1) is 0 Å². The number of benzene rings is 1. The van der Waals surface area contributed by atoms with Crippen LogP contribution in [-0.2, 0) is 0 Å². The maximum atomic E-state index is 10.2. The molecule has 0 spiro atoms. The Hall–Kier alpha value is -2.44. The number of aromatic hydroxyl groups is 1. The molecule has 3 aromatic rings. The molecular weight excluding hydrogens is 340 g/mol. The molecule has 0 amide bonds. The van der Waals surface area contributed by atoms with E-state index in [-0.39, 0.29) is 11.8 Å². The van der Waals surface area contributed by atoms with Crippen LogP contribution in [0.3, 0.4) is 0 Å². The fourth-order valence-electron chi connectivity index (χ4n) is 3.31. The quantitative estimate of drug-likeness (QED) is 0.666. The molecular formula is C18H17ClN4O2. The van der Waals surface area contributed by atoms with Gasteiger partial charge < -0.3 is 15.5 Å². The molecule has 1 aliphatic rings. The molecule has 1 aromatic carbocycles. The number of hydrogen-bond donors (Lipinski definition) is 3. The average molecular weight is 357 g/mol. The second-order valence-corrected chi connectivity index (χ2v) is 7.16. The summed E-state index contributed by atoms with van der Waals surface area (Å²) in [6.07, 6.45) is 4.73. The van der Waals surface area contributed by atoms with Gasteiger partial charge in [0.1, 0.15) is 11.4 Å². The predicted octanol–water partition coefficient (Wildman–Crippen LogP) is 3.38. The van der Waals surface area contributed by atoms with Gasteiger partial charge in [0.05, 0.1) is 5.60 Å². The number of halogens is 1. The standard InChI is InChI=1S/C18H17ClN4O2/c1-18(25)7-11(8-18)21-17-12-4-5-20-9-14(12)16(22-23-17)13-3-2-10(19)6-15(13)24/h2-6,9,11,24-25H,7-8H2,1H3,(H,21,23)/t11-,18+. The van der Waals surface area contributed by atoms with Crippen LogP contribution in [-0.4, -0.2) is 37.0 Å². The van der Waals surface area contributed by atoms with E-state index in [0.717, 1.165) is 10.8 Å². The van der Waals surface area contributed by atoms with Gasteiger partial charge in [-0.3, -0.25) is 4.98 Å². The third-order valence-electron chi connectivity index (χ3n) is 4.51. The number of pyridine rings is 1. The monoisotopic (exact) mass is 356 g/mol. The van der Waals surface area contributed by atoms with Crippen LogP contribution >= 0.6 is 11.6 Å². The number of aromatic nitrogens is 3. The van der Waals surface area contributed by atoms with Crippen molar-refractivity contribution < 1.29 is 10.2 Å². The number of nitrogens with one attached hydrogen (secondary N) is 1. The second kappa shape index (κ2) is 5.82. The average Bonchev–Trinajstić information content (AvgIpc) is 2.54. The van der Waals surface area contributed by atoms with Crippen LogP contribution in [0.25, 0.3) is 22.0 Å². The molecule has 2 heterocycles. The number of anilines is 1. The van der Waals surface area contributed by atoms with Crippen molar-refractivity contribution in [3.05, 3.63) is 41.7 Å². The zero-order valence-corrected chi connectivity index (χ0v) is 14.3. The normalized spacial score (nSPS) is 22.6. The maximum absolute atomic E-state index is 10.2. The van der Waals surface area contributed by atoms with E-state index in [2.05, 4.69) is 20.5 Å². The smallest absolute Gasteiger partial charge is 0.156 e. The first-order valence-corrected chi connectivity index (χ1v) is 8.39. The number of fused-ring (bicyclic) bond motifs is 1. The lowest BCUT2D eigenvalue weighted by Crippen LogP contribution is -2.48. The van der Waals surface area contributed by atoms with Crippen molar-refractivity contribution in [2.45, 2.75) is 31.4 Å². The van der Waals surface area contributed by atoms with Gasteiger partial charge in [-0.15, -0.1) is 10.2 Å². The van der Waals surface area contributed by atoms with Crippen LogP contribution in [0.4, 0.5) is 5.82 Å². The minimum atomic E-state index is -0.614. The number of phenols is 1. The van der Waals surface area contributed by atoms with Gasteiger partial charge in [-0.1, -0.05) is 11.6 Å². The molecule has 7 heteroatoms. The van der Waals surface area contributed by atoms with Gasteiger partial charge in [0.2, 0.25) is 0 Å². The van der Waals surface area contributed by atoms with Gasteiger partial charge in [-0.25, -0.2) is 0 Å². The number of rotatable bonds is 3. The van der Waals surface area contributed by atoms with E-state index in [9.17, 15) is 10.2 Å². The summed E-state index contributed by atoms with van der Waals surface area (Å²) in [4.78, 5) is 4.18. The first-order valence-electron chi connectivity index (χ1n) is 8.01. The highest BCUT2D eigenvalue weighted by Crippen LogP contribution is 2.37. The summed E-state index contributed by atoms with van der Waals surface area (Å²) in [5.41, 5.74) is 0.480. The summed E-state index contributed by atoms with van der Waals surface area (Å²) in [5.74, 6) is 0.692. The Labute approximate surface area is 149 Å². The van der Waals surface area contributed by atoms with Crippen LogP contribution < -0.4 is 5.32 Å². The molecule has 1 aliphatic carbocycles. The third-order valence-corrected chi connectivity index (χ3v) is 4.74. The molecule has 0 radical (unpaired) electrons. The first kappa shape index (κ1) is 16.1. The highest BCUT2D eigenvalue weighted by atomic mass is 35.5. The summed E-state index contributed by atoms with van der Waals surface area (Å²) in [5, 5.41) is 34.1. The minimum absolute atomic E-state index is 0.0442. The van der Waals surface area contributed by atoms with Crippen molar-refractivity contribution in [3.8, 4) is 17.0 Å². The molecule has 0 aliphatic heterocycles. The number of hydrogen-bond acceptors (Lipinski definition) is 6. The van der Waals surface area contributed by atoms with Crippen molar-refractivity contribution in [2.24, 2.45) is 0 Å². The van der Waals surface area contributed by atoms with Gasteiger partial charge in [-0.05, 0) is 44.0 Å². The van der Waals surface area contributed by atoms with Crippen LogP contribution in [0.1, 0.15) is 19.8 Å². The van der Waals surface area contributed by atoms with E-state index >= 15 is 0 Å². The second-order valence-electron chi connectivity index (χ2n) is 6.73. The maximum Gasteiger partial charge on any atom is 0.156 e. The molecule has 0 atom stereocenters. The molecule has 1 fully saturated rings. The van der Waals surface area contributed by atoms with E-state index in [1.54, 1.807) is 24.5 Å². The SMILES string of the molecule is C[C@]1(O)C[C@@H](Nc2nnc(-c3ccc(Cl)cc3O)c3cnccc23)C1. The molecule has 6 nitrogen and oxygen atoms in total. The van der Waals surface area contributed by atoms with Crippen molar-refractivity contribution >= 4 is 28.2 Å². The van der Waals surface area contributed by atoms with Crippen molar-refractivity contribution in [1.29, 1.82) is 0 Å². The lowest BCUT2D eigenvalue weighted by Gasteiger charge is -2.41. The van der Waals surface area contributed by atoms with Gasteiger partial charge >= 0.3 is 0 Å². The summed E-state index contributed by atoms with van der Waals surface area (Å²) in [6, 6.07) is 6.91. The van der Waals surface area contributed by atoms with E-state index < -0.39 is 5.60 Å². The Morgan fingerprint density at radius 3 is 2.72 bits per heavy atom. The number of nitrogens with zero attached hydrogens (tertiary/aromatic N) is 3. The van der Waals surface area contributed by atoms with Crippen LogP contribution in [0.5, 0.6) is 5.75 Å². The van der Waals surface area contributed by atoms with E-state index in [4.69, 9.17) is 11.6 Å². The van der Waals surface area contributed by atoms with Crippen molar-refractivity contribution in [1.82, 2.24) is 15.2 Å². The van der Waals surface area contributed by atoms with Gasteiger partial charge in [0.25, 0.3) is 0 Å². The van der Waals surface area contributed by atoms with Crippen LogP contribution in [0.2, 0.25) is 5.02 Å².